The van der Waals surface area contributed by atoms with Crippen LogP contribution in [0.1, 0.15) is 5.56 Å². The molecule has 0 spiro atoms. The van der Waals surface area contributed by atoms with E-state index in [1.165, 1.54) is 0 Å². The molecule has 0 amide bonds. The Labute approximate surface area is 152 Å². The highest BCUT2D eigenvalue weighted by atomic mass is 32.2. The molecule has 0 unspecified atom stereocenters. The van der Waals surface area contributed by atoms with E-state index < -0.39 is 26.6 Å². The fraction of sp³-hybridized carbons (Fsp3) is 0.263. The minimum atomic E-state index is -4.17. The smallest absolute Gasteiger partial charge is 0.249 e. The van der Waals surface area contributed by atoms with Gasteiger partial charge in [0.25, 0.3) is 0 Å². The average molecular weight is 378 g/mol. The van der Waals surface area contributed by atoms with Crippen molar-refractivity contribution in [3.63, 3.8) is 0 Å². The van der Waals surface area contributed by atoms with Crippen molar-refractivity contribution in [3.05, 3.63) is 71.8 Å². The van der Waals surface area contributed by atoms with Crippen molar-refractivity contribution in [1.82, 2.24) is 9.21 Å². The normalized spacial score (nSPS) is 17.0. The van der Waals surface area contributed by atoms with E-state index >= 15 is 0 Å². The number of sulfonamides is 1. The largest absolute Gasteiger partial charge is 0.297 e. The van der Waals surface area contributed by atoms with E-state index in [4.69, 9.17) is 0 Å². The monoisotopic (exact) mass is 378 g/mol. The molecule has 1 aliphatic heterocycles. The van der Waals surface area contributed by atoms with Gasteiger partial charge in [0.15, 0.2) is 4.90 Å². The molecule has 0 radical (unpaired) electrons. The summed E-state index contributed by atoms with van der Waals surface area (Å²) in [6.45, 7) is 2.12. The van der Waals surface area contributed by atoms with Gasteiger partial charge in [-0.1, -0.05) is 48.6 Å². The zero-order chi connectivity index (χ0) is 18.6. The Morgan fingerprint density at radius 1 is 0.885 bits per heavy atom. The molecule has 1 heterocycles. The van der Waals surface area contributed by atoms with Gasteiger partial charge in [-0.15, -0.1) is 0 Å². The van der Waals surface area contributed by atoms with E-state index in [-0.39, 0.29) is 13.1 Å². The number of hydrogen-bond acceptors (Lipinski definition) is 3. The summed E-state index contributed by atoms with van der Waals surface area (Å²) in [4.78, 5) is 1.24. The summed E-state index contributed by atoms with van der Waals surface area (Å²) in [7, 11) is -4.17. The summed E-state index contributed by atoms with van der Waals surface area (Å²) < 4.78 is 53.9. The first-order valence-electron chi connectivity index (χ1n) is 8.36. The lowest BCUT2D eigenvalue weighted by Crippen LogP contribution is -2.48. The fourth-order valence-electron chi connectivity index (χ4n) is 2.91. The maximum Gasteiger partial charge on any atom is 0.249 e. The molecule has 26 heavy (non-hydrogen) atoms. The zero-order valence-corrected chi connectivity index (χ0v) is 15.0. The molecule has 3 rings (SSSR count). The molecule has 1 saturated heterocycles. The van der Waals surface area contributed by atoms with Crippen LogP contribution in [0.5, 0.6) is 0 Å². The summed E-state index contributed by atoms with van der Waals surface area (Å²) in [5.74, 6) is -2.11. The molecular weight excluding hydrogens is 358 g/mol. The molecule has 0 saturated carbocycles. The molecule has 138 valence electrons. The van der Waals surface area contributed by atoms with Gasteiger partial charge >= 0.3 is 0 Å². The Morgan fingerprint density at radius 2 is 1.50 bits per heavy atom. The number of piperazine rings is 1. The number of nitrogens with zero attached hydrogens (tertiary/aromatic N) is 2. The van der Waals surface area contributed by atoms with Crippen LogP contribution in [-0.2, 0) is 10.0 Å². The van der Waals surface area contributed by atoms with Crippen LogP contribution in [0.15, 0.2) is 59.5 Å². The minimum Gasteiger partial charge on any atom is -0.297 e. The molecule has 0 aliphatic carbocycles. The second-order valence-corrected chi connectivity index (χ2v) is 7.94. The Balaban J connectivity index is 1.60. The van der Waals surface area contributed by atoms with E-state index in [2.05, 4.69) is 4.90 Å². The first kappa shape index (κ1) is 18.7. The van der Waals surface area contributed by atoms with Gasteiger partial charge in [0.05, 0.1) is 0 Å². The molecule has 0 atom stereocenters. The minimum absolute atomic E-state index is 0.204. The quantitative estimate of drug-likeness (QED) is 0.803. The van der Waals surface area contributed by atoms with E-state index in [1.807, 2.05) is 42.5 Å². The number of hydrogen-bond donors (Lipinski definition) is 0. The van der Waals surface area contributed by atoms with Crippen molar-refractivity contribution < 1.29 is 17.2 Å². The Kier molecular flexibility index (Phi) is 5.80. The predicted molar refractivity (Wildman–Crippen MR) is 97.0 cm³/mol. The van der Waals surface area contributed by atoms with Gasteiger partial charge in [-0.2, -0.15) is 4.31 Å². The van der Waals surface area contributed by atoms with Gasteiger partial charge in [-0.05, 0) is 17.7 Å². The molecular formula is C19H20F2N2O2S. The van der Waals surface area contributed by atoms with Crippen LogP contribution in [0, 0.1) is 11.6 Å². The average Bonchev–Trinajstić information content (AvgIpc) is 2.63. The lowest BCUT2D eigenvalue weighted by atomic mass is 10.2. The summed E-state index contributed by atoms with van der Waals surface area (Å²) in [6.07, 6.45) is 4.04. The maximum absolute atomic E-state index is 13.8. The van der Waals surface area contributed by atoms with E-state index in [0.29, 0.717) is 19.6 Å². The van der Waals surface area contributed by atoms with Crippen LogP contribution in [0.25, 0.3) is 6.08 Å². The van der Waals surface area contributed by atoms with Crippen LogP contribution < -0.4 is 0 Å². The van der Waals surface area contributed by atoms with Gasteiger partial charge in [0.1, 0.15) is 11.6 Å². The first-order chi connectivity index (χ1) is 12.5. The van der Waals surface area contributed by atoms with Gasteiger partial charge in [0, 0.05) is 32.7 Å². The van der Waals surface area contributed by atoms with E-state index in [0.717, 1.165) is 28.1 Å². The molecule has 7 heteroatoms. The third-order valence-corrected chi connectivity index (χ3v) is 6.27. The predicted octanol–water partition coefficient (Wildman–Crippen LogP) is 2.98. The van der Waals surface area contributed by atoms with Crippen molar-refractivity contribution in [3.8, 4) is 0 Å². The molecule has 2 aromatic rings. The second kappa shape index (κ2) is 8.07. The summed E-state index contributed by atoms with van der Waals surface area (Å²) in [5.41, 5.74) is 1.10. The lowest BCUT2D eigenvalue weighted by molar-refractivity contribution is 0.204. The van der Waals surface area contributed by atoms with Gasteiger partial charge in [-0.25, -0.2) is 17.2 Å². The van der Waals surface area contributed by atoms with Crippen molar-refractivity contribution in [2.24, 2.45) is 0 Å². The van der Waals surface area contributed by atoms with Crippen molar-refractivity contribution in [2.75, 3.05) is 32.7 Å². The highest BCUT2D eigenvalue weighted by molar-refractivity contribution is 7.89. The third-order valence-electron chi connectivity index (χ3n) is 4.32. The van der Waals surface area contributed by atoms with Gasteiger partial charge < -0.3 is 0 Å². The van der Waals surface area contributed by atoms with Crippen LogP contribution >= 0.6 is 0 Å². The number of benzene rings is 2. The number of halogens is 2. The standard InChI is InChI=1S/C19H20F2N2O2S/c20-17-9-4-10-18(21)19(17)26(24,25)23-14-12-22(13-15-23)11-5-8-16-6-2-1-3-7-16/h1-10H,11-15H2/b8-5+. The Morgan fingerprint density at radius 3 is 2.12 bits per heavy atom. The Hall–Kier alpha value is -2.09. The van der Waals surface area contributed by atoms with Gasteiger partial charge in [0.2, 0.25) is 10.0 Å². The second-order valence-electron chi connectivity index (χ2n) is 6.07. The summed E-state index contributed by atoms with van der Waals surface area (Å²) in [6, 6.07) is 13.0. The van der Waals surface area contributed by atoms with Crippen LogP contribution in [0.3, 0.4) is 0 Å². The molecule has 0 N–H and O–H groups in total. The van der Waals surface area contributed by atoms with E-state index in [1.54, 1.807) is 0 Å². The summed E-state index contributed by atoms with van der Waals surface area (Å²) >= 11 is 0. The SMILES string of the molecule is O=S(=O)(c1c(F)cccc1F)N1CCN(C/C=C/c2ccccc2)CC1. The molecule has 1 fully saturated rings. The van der Waals surface area contributed by atoms with Crippen molar-refractivity contribution in [1.29, 1.82) is 0 Å². The highest BCUT2D eigenvalue weighted by Crippen LogP contribution is 2.23. The maximum atomic E-state index is 13.8. The van der Waals surface area contributed by atoms with Crippen molar-refractivity contribution in [2.45, 2.75) is 4.90 Å². The van der Waals surface area contributed by atoms with Crippen LogP contribution in [-0.4, -0.2) is 50.3 Å². The van der Waals surface area contributed by atoms with E-state index in [9.17, 15) is 17.2 Å². The highest BCUT2D eigenvalue weighted by Gasteiger charge is 2.32. The molecule has 1 aliphatic rings. The topological polar surface area (TPSA) is 40.6 Å². The third kappa shape index (κ3) is 4.17. The molecule has 0 aromatic heterocycles. The zero-order valence-electron chi connectivity index (χ0n) is 14.2. The first-order valence-corrected chi connectivity index (χ1v) is 9.80. The fourth-order valence-corrected chi connectivity index (χ4v) is 4.44. The van der Waals surface area contributed by atoms with Crippen LogP contribution in [0.2, 0.25) is 0 Å². The van der Waals surface area contributed by atoms with Crippen LogP contribution in [0.4, 0.5) is 8.78 Å². The molecule has 0 bridgehead atoms. The summed E-state index contributed by atoms with van der Waals surface area (Å²) in [5, 5.41) is 0. The number of rotatable bonds is 5. The lowest BCUT2D eigenvalue weighted by Gasteiger charge is -2.33. The van der Waals surface area contributed by atoms with Gasteiger partial charge in [-0.3, -0.25) is 4.90 Å². The molecule has 4 nitrogen and oxygen atoms in total. The Bertz CT molecular complexity index is 857. The van der Waals surface area contributed by atoms with Crippen molar-refractivity contribution >= 4 is 16.1 Å². The molecule has 2 aromatic carbocycles.